The van der Waals surface area contributed by atoms with E-state index in [1.54, 1.807) is 85.7 Å². The molecule has 24 nitrogen and oxygen atoms in total. The Morgan fingerprint density at radius 3 is 1.79 bits per heavy atom. The molecule has 0 spiro atoms. The van der Waals surface area contributed by atoms with Gasteiger partial charge in [0.05, 0.1) is 6.54 Å². The van der Waals surface area contributed by atoms with Crippen LogP contribution in [0.4, 0.5) is 0 Å². The van der Waals surface area contributed by atoms with Gasteiger partial charge in [-0.15, -0.1) is 0 Å². The predicted molar refractivity (Wildman–Crippen MR) is 296 cm³/mol. The van der Waals surface area contributed by atoms with E-state index < -0.39 is 169 Å². The van der Waals surface area contributed by atoms with E-state index in [-0.39, 0.29) is 51.6 Å². The molecule has 0 aromatic heterocycles. The molecule has 3 aliphatic rings. The number of nitrogens with zero attached hydrogens (tertiary/aromatic N) is 5. The van der Waals surface area contributed by atoms with Gasteiger partial charge in [-0.3, -0.25) is 52.7 Å². The van der Waals surface area contributed by atoms with Gasteiger partial charge in [0.1, 0.15) is 48.3 Å². The Balaban J connectivity index is 1.87. The van der Waals surface area contributed by atoms with Crippen LogP contribution in [-0.4, -0.2) is 196 Å². The van der Waals surface area contributed by atoms with Crippen molar-refractivity contribution >= 4 is 71.0 Å². The molecule has 0 saturated carbocycles. The average Bonchev–Trinajstić information content (AvgIpc) is 3.96. The number of ether oxygens (including phenoxy) is 1. The average molecular weight is 1140 g/mol. The lowest BCUT2D eigenvalue weighted by Crippen LogP contribution is -2.63. The molecule has 450 valence electrons. The maximum atomic E-state index is 14.9. The number of fused-ring (bicyclic) bond motifs is 2. The van der Waals surface area contributed by atoms with Crippen molar-refractivity contribution in [1.82, 2.24) is 45.8 Å². The molecule has 3 heterocycles. The Morgan fingerprint density at radius 2 is 1.20 bits per heavy atom. The summed E-state index contributed by atoms with van der Waals surface area (Å²) in [5, 5.41) is 20.8. The molecule has 1 aromatic rings. The number of rotatable bonds is 14. The minimum atomic E-state index is -1.60. The summed E-state index contributed by atoms with van der Waals surface area (Å²) in [6.45, 7) is 13.2. The van der Waals surface area contributed by atoms with Gasteiger partial charge < -0.3 is 61.3 Å². The zero-order valence-electron chi connectivity index (χ0n) is 49.1. The third-order valence-electron chi connectivity index (χ3n) is 16.1. The number of aliphatic carboxylic acids is 1. The van der Waals surface area contributed by atoms with Crippen molar-refractivity contribution in [3.05, 3.63) is 35.9 Å². The van der Waals surface area contributed by atoms with Crippen LogP contribution in [0.25, 0.3) is 0 Å². The molecule has 0 bridgehead atoms. The quantitative estimate of drug-likeness (QED) is 0.142. The number of nitrogens with two attached hydrogens (primary N) is 1. The van der Waals surface area contributed by atoms with Gasteiger partial charge in [-0.25, -0.2) is 4.79 Å². The van der Waals surface area contributed by atoms with Gasteiger partial charge in [0.15, 0.2) is 6.10 Å². The first-order valence-electron chi connectivity index (χ1n) is 28.5. The molecular weight excluding hydrogens is 1050 g/mol. The lowest BCUT2D eigenvalue weighted by Gasteiger charge is -2.40. The summed E-state index contributed by atoms with van der Waals surface area (Å²) in [6, 6.07) is -1.65. The molecule has 3 fully saturated rings. The van der Waals surface area contributed by atoms with Crippen molar-refractivity contribution in [2.45, 2.75) is 187 Å². The number of nitrogens with one attached hydrogen (secondary N) is 4. The highest BCUT2D eigenvalue weighted by Gasteiger charge is 2.45. The van der Waals surface area contributed by atoms with E-state index in [4.69, 9.17) is 10.5 Å². The second-order valence-corrected chi connectivity index (χ2v) is 22.6. The normalized spacial score (nSPS) is 27.0. The van der Waals surface area contributed by atoms with Gasteiger partial charge >= 0.3 is 11.9 Å². The summed E-state index contributed by atoms with van der Waals surface area (Å²) in [5.41, 5.74) is 6.20. The van der Waals surface area contributed by atoms with Crippen LogP contribution < -0.4 is 27.0 Å². The van der Waals surface area contributed by atoms with Crippen molar-refractivity contribution in [1.29, 1.82) is 0 Å². The molecule has 10 amide bonds. The fourth-order valence-corrected chi connectivity index (χ4v) is 10.7. The van der Waals surface area contributed by atoms with Crippen LogP contribution in [-0.2, 0) is 68.7 Å². The minimum absolute atomic E-state index is 0.0587. The Labute approximate surface area is 475 Å². The van der Waals surface area contributed by atoms with Crippen LogP contribution in [0, 0.1) is 23.7 Å². The fraction of sp³-hybridized carbons (Fsp3) is 0.684. The maximum Gasteiger partial charge on any atom is 0.329 e. The van der Waals surface area contributed by atoms with E-state index in [1.807, 2.05) is 0 Å². The molecule has 24 heteroatoms. The smallest absolute Gasteiger partial charge is 0.329 e. The molecule has 3 saturated heterocycles. The predicted octanol–water partition coefficient (Wildman–Crippen LogP) is 1.11. The molecular formula is C57H88N10O14. The second-order valence-electron chi connectivity index (χ2n) is 22.6. The van der Waals surface area contributed by atoms with Gasteiger partial charge in [-0.05, 0) is 74.7 Å². The SMILES string of the molecule is CCC(C)C1OC(=O)[C@H](CCC(=O)O)N(C)C(=O)[C@H](C(C)C)NC(=O)C2CCCCN2C(=O)[C@H]([C@@H](C)CC)NC(=O)[C@H](CCC(N)=O)N(C)C(=O)[C@H](C(C)C)N(C)C(=O)CNC(=O)[C@@H]2CCCN2C(=O)[C@@H](Cc2ccccc2)NC1=O. The number of carboxylic acids is 1. The molecule has 7 N–H and O–H groups in total. The zero-order chi connectivity index (χ0) is 60.6. The standard InChI is InChI=1S/C57H88N10O14/c1-12-34(7)46-55(78)67-28-18-17-22-40(67)51(74)61-45(32(3)4)54(77)64(10)41(25-27-44(70)71)57(80)81-48(35(8)13-2)52(75)60-37(30-36-20-15-14-16-21-36)53(76)66-29-19-23-39(66)49(72)59-31-43(69)65(11)47(33(5)6)56(79)63(9)38(50(73)62-46)24-26-42(58)68/h14-16,20-21,32-35,37-41,45-48H,12-13,17-19,22-31H2,1-11H3,(H2,58,68)(H,59,72)(H,60,75)(H,61,74)(H,62,73)(H,70,71)/t34-,35?,37+,38-,39-,40?,41-,45-,46-,47-,48?/m0/s1. The lowest BCUT2D eigenvalue weighted by molar-refractivity contribution is -0.167. The number of amides is 10. The highest BCUT2D eigenvalue weighted by Crippen LogP contribution is 2.26. The summed E-state index contributed by atoms with van der Waals surface area (Å²) in [5.74, 6) is -12.2. The molecule has 0 radical (unpaired) electrons. The largest absolute Gasteiger partial charge is 0.481 e. The third-order valence-corrected chi connectivity index (χ3v) is 16.1. The molecule has 11 atom stereocenters. The first-order valence-corrected chi connectivity index (χ1v) is 28.5. The third kappa shape index (κ3) is 17.4. The van der Waals surface area contributed by atoms with Crippen LogP contribution in [0.1, 0.15) is 132 Å². The highest BCUT2D eigenvalue weighted by molar-refractivity contribution is 5.99. The number of benzene rings is 1. The zero-order valence-corrected chi connectivity index (χ0v) is 49.1. The molecule has 4 rings (SSSR count). The Kier molecular flexibility index (Phi) is 25.1. The Hall–Kier alpha value is -7.14. The summed E-state index contributed by atoms with van der Waals surface area (Å²) in [7, 11) is 3.96. The number of esters is 1. The van der Waals surface area contributed by atoms with Crippen molar-refractivity contribution in [3.8, 4) is 0 Å². The van der Waals surface area contributed by atoms with Crippen LogP contribution in [0.5, 0.6) is 0 Å². The number of piperidine rings is 1. The first kappa shape index (κ1) is 66.4. The Bertz CT molecular complexity index is 2440. The number of primary amides is 1. The summed E-state index contributed by atoms with van der Waals surface area (Å²) < 4.78 is 5.97. The molecule has 1 aromatic carbocycles. The van der Waals surface area contributed by atoms with Crippen LogP contribution in [0.3, 0.4) is 0 Å². The number of hydrogen-bond donors (Lipinski definition) is 6. The molecule has 81 heavy (non-hydrogen) atoms. The number of carboxylic acid groups (broad SMARTS) is 1. The van der Waals surface area contributed by atoms with Crippen molar-refractivity contribution < 1.29 is 67.4 Å². The molecule has 3 unspecified atom stereocenters. The monoisotopic (exact) mass is 1140 g/mol. The van der Waals surface area contributed by atoms with Gasteiger partial charge in [0.2, 0.25) is 53.2 Å². The van der Waals surface area contributed by atoms with Gasteiger partial charge in [0.25, 0.3) is 5.91 Å². The summed E-state index contributed by atoms with van der Waals surface area (Å²) in [4.78, 5) is 176. The Morgan fingerprint density at radius 1 is 0.630 bits per heavy atom. The van der Waals surface area contributed by atoms with Gasteiger partial charge in [-0.2, -0.15) is 0 Å². The van der Waals surface area contributed by atoms with Gasteiger partial charge in [-0.1, -0.05) is 92.1 Å². The number of hydrogen-bond acceptors (Lipinski definition) is 13. The maximum absolute atomic E-state index is 14.9. The first-order chi connectivity index (χ1) is 38.2. The van der Waals surface area contributed by atoms with E-state index >= 15 is 0 Å². The van der Waals surface area contributed by atoms with E-state index in [2.05, 4.69) is 21.3 Å². The molecule has 3 aliphatic heterocycles. The van der Waals surface area contributed by atoms with E-state index in [0.29, 0.717) is 31.2 Å². The van der Waals surface area contributed by atoms with E-state index in [9.17, 15) is 62.6 Å². The summed E-state index contributed by atoms with van der Waals surface area (Å²) >= 11 is 0. The minimum Gasteiger partial charge on any atom is -0.481 e. The number of likely N-dealkylation sites (N-methyl/N-ethyl adjacent to an activating group) is 3. The summed E-state index contributed by atoms with van der Waals surface area (Å²) in [6.07, 6.45) is -0.910. The van der Waals surface area contributed by atoms with Gasteiger partial charge in [0, 0.05) is 59.4 Å². The van der Waals surface area contributed by atoms with Crippen LogP contribution >= 0.6 is 0 Å². The fourth-order valence-electron chi connectivity index (χ4n) is 10.7. The number of cyclic esters (lactones) is 1. The van der Waals surface area contributed by atoms with Crippen molar-refractivity contribution in [2.24, 2.45) is 29.4 Å². The molecule has 0 aliphatic carbocycles. The van der Waals surface area contributed by atoms with Crippen molar-refractivity contribution in [3.63, 3.8) is 0 Å². The van der Waals surface area contributed by atoms with Crippen molar-refractivity contribution in [2.75, 3.05) is 40.8 Å². The highest BCUT2D eigenvalue weighted by atomic mass is 16.6. The van der Waals surface area contributed by atoms with Crippen LogP contribution in [0.15, 0.2) is 30.3 Å². The second kappa shape index (κ2) is 30.6. The number of carbonyl (C=O) groups excluding carboxylic acids is 11. The lowest BCUT2D eigenvalue weighted by atomic mass is 9.93. The van der Waals surface area contributed by atoms with E-state index in [1.165, 1.54) is 30.9 Å². The van der Waals surface area contributed by atoms with Crippen LogP contribution in [0.2, 0.25) is 0 Å². The number of carbonyl (C=O) groups is 12. The van der Waals surface area contributed by atoms with E-state index in [0.717, 1.165) is 14.7 Å². The topological polar surface area (TPSA) is 325 Å².